The van der Waals surface area contributed by atoms with Crippen molar-refractivity contribution in [2.75, 3.05) is 12.3 Å². The summed E-state index contributed by atoms with van der Waals surface area (Å²) in [5.41, 5.74) is 0.861. The van der Waals surface area contributed by atoms with Gasteiger partial charge in [0.2, 0.25) is 0 Å². The summed E-state index contributed by atoms with van der Waals surface area (Å²) < 4.78 is 23.6. The molecule has 1 N–H and O–H groups in total. The summed E-state index contributed by atoms with van der Waals surface area (Å²) in [6, 6.07) is 7.01. The molecule has 16 heavy (non-hydrogen) atoms. The first-order valence-electron chi connectivity index (χ1n) is 5.13. The van der Waals surface area contributed by atoms with Crippen LogP contribution in [0.25, 0.3) is 0 Å². The van der Waals surface area contributed by atoms with Crippen molar-refractivity contribution in [2.45, 2.75) is 17.4 Å². The van der Waals surface area contributed by atoms with Crippen LogP contribution in [0.3, 0.4) is 0 Å². The Labute approximate surface area is 95.8 Å². The quantitative estimate of drug-likeness (QED) is 0.631. The molecule has 0 radical (unpaired) electrons. The molecule has 2 rings (SSSR count). The van der Waals surface area contributed by atoms with Gasteiger partial charge >= 0.3 is 0 Å². The Morgan fingerprint density at radius 1 is 1.44 bits per heavy atom. The van der Waals surface area contributed by atoms with E-state index < -0.39 is 9.84 Å². The Morgan fingerprint density at radius 2 is 2.19 bits per heavy atom. The van der Waals surface area contributed by atoms with Gasteiger partial charge in [0.15, 0.2) is 9.84 Å². The summed E-state index contributed by atoms with van der Waals surface area (Å²) >= 11 is 0. The number of fused-ring (bicyclic) bond motifs is 1. The van der Waals surface area contributed by atoms with E-state index in [0.717, 1.165) is 5.56 Å². The summed E-state index contributed by atoms with van der Waals surface area (Å²) in [4.78, 5) is 0.452. The summed E-state index contributed by atoms with van der Waals surface area (Å²) in [7, 11) is -3.11. The van der Waals surface area contributed by atoms with Crippen LogP contribution in [0.2, 0.25) is 0 Å². The van der Waals surface area contributed by atoms with Gasteiger partial charge in [-0.25, -0.2) is 8.42 Å². The highest BCUT2D eigenvalue weighted by Gasteiger charge is 2.33. The van der Waals surface area contributed by atoms with Gasteiger partial charge in [0.05, 0.1) is 10.6 Å². The third-order valence-corrected chi connectivity index (χ3v) is 4.49. The lowest BCUT2D eigenvalue weighted by Gasteiger charge is -2.10. The molecule has 1 aliphatic heterocycles. The van der Waals surface area contributed by atoms with Crippen LogP contribution in [-0.4, -0.2) is 20.7 Å². The Hall–Kier alpha value is -1.31. The van der Waals surface area contributed by atoms with Crippen molar-refractivity contribution in [3.63, 3.8) is 0 Å². The highest BCUT2D eigenvalue weighted by atomic mass is 32.2. The van der Waals surface area contributed by atoms with Gasteiger partial charge in [-0.05, 0) is 11.6 Å². The first kappa shape index (κ1) is 11.2. The Bertz CT molecular complexity index is 528. The number of nitrogens with one attached hydrogen (secondary N) is 1. The maximum Gasteiger partial charge on any atom is 0.180 e. The second kappa shape index (κ2) is 4.28. The van der Waals surface area contributed by atoms with Crippen molar-refractivity contribution >= 4 is 9.84 Å². The highest BCUT2D eigenvalue weighted by Crippen LogP contribution is 2.32. The Morgan fingerprint density at radius 3 is 2.94 bits per heavy atom. The predicted molar refractivity (Wildman–Crippen MR) is 62.7 cm³/mol. The Balaban J connectivity index is 2.24. The average Bonchev–Trinajstić information content (AvgIpc) is 2.52. The molecule has 1 aromatic rings. The molecule has 0 spiro atoms. The topological polar surface area (TPSA) is 46.2 Å². The lowest BCUT2D eigenvalue weighted by atomic mass is 10.1. The van der Waals surface area contributed by atoms with Gasteiger partial charge in [0.25, 0.3) is 0 Å². The van der Waals surface area contributed by atoms with Crippen LogP contribution in [0, 0.1) is 12.3 Å². The second-order valence-electron chi connectivity index (χ2n) is 3.78. The fourth-order valence-corrected chi connectivity index (χ4v) is 3.71. The van der Waals surface area contributed by atoms with E-state index in [1.165, 1.54) is 0 Å². The van der Waals surface area contributed by atoms with Crippen LogP contribution < -0.4 is 5.32 Å². The first-order chi connectivity index (χ1) is 7.65. The minimum Gasteiger partial charge on any atom is -0.308 e. The summed E-state index contributed by atoms with van der Waals surface area (Å²) in [5, 5.41) is 3.17. The van der Waals surface area contributed by atoms with Gasteiger partial charge in [-0.3, -0.25) is 0 Å². The number of rotatable bonds is 3. The molecule has 1 unspecified atom stereocenters. The predicted octanol–water partition coefficient (Wildman–Crippen LogP) is 1.13. The number of hydrogen-bond acceptors (Lipinski definition) is 3. The number of terminal acetylenes is 1. The molecule has 0 aliphatic carbocycles. The number of benzene rings is 1. The van der Waals surface area contributed by atoms with E-state index in [1.54, 1.807) is 12.1 Å². The van der Waals surface area contributed by atoms with Crippen LogP contribution in [0.15, 0.2) is 29.2 Å². The summed E-state index contributed by atoms with van der Waals surface area (Å²) in [6.07, 6.45) is 5.76. The largest absolute Gasteiger partial charge is 0.308 e. The maximum atomic E-state index is 11.8. The third kappa shape index (κ3) is 1.97. The van der Waals surface area contributed by atoms with Crippen LogP contribution in [0.4, 0.5) is 0 Å². The van der Waals surface area contributed by atoms with Crippen molar-refractivity contribution in [3.05, 3.63) is 29.8 Å². The van der Waals surface area contributed by atoms with E-state index in [1.807, 2.05) is 12.1 Å². The van der Waals surface area contributed by atoms with E-state index in [2.05, 4.69) is 11.2 Å². The van der Waals surface area contributed by atoms with Crippen LogP contribution in [0.5, 0.6) is 0 Å². The smallest absolute Gasteiger partial charge is 0.180 e. The van der Waals surface area contributed by atoms with Gasteiger partial charge in [-0.2, -0.15) is 0 Å². The van der Waals surface area contributed by atoms with E-state index in [9.17, 15) is 8.42 Å². The lowest BCUT2D eigenvalue weighted by Crippen LogP contribution is -2.23. The minimum atomic E-state index is -3.11. The standard InChI is InChI=1S/C12H13NO2S/c1-2-3-8-13-11-9-16(14,15)12-7-5-4-6-10(11)12/h1,4-7,11,13H,3,8-9H2. The molecular formula is C12H13NO2S. The SMILES string of the molecule is C#CCCNC1CS(=O)(=O)c2ccccc21. The normalized spacial score (nSPS) is 21.3. The molecule has 0 amide bonds. The maximum absolute atomic E-state index is 11.8. The molecule has 84 valence electrons. The molecule has 1 aliphatic rings. The fourth-order valence-electron chi connectivity index (χ4n) is 1.94. The summed E-state index contributed by atoms with van der Waals surface area (Å²) in [6.45, 7) is 0.644. The van der Waals surface area contributed by atoms with Gasteiger partial charge < -0.3 is 5.32 Å². The molecule has 4 heteroatoms. The second-order valence-corrected chi connectivity index (χ2v) is 5.78. The van der Waals surface area contributed by atoms with Crippen molar-refractivity contribution in [1.82, 2.24) is 5.32 Å². The average molecular weight is 235 g/mol. The molecule has 0 aromatic heterocycles. The zero-order valence-electron chi connectivity index (χ0n) is 8.81. The fraction of sp³-hybridized carbons (Fsp3) is 0.333. The molecule has 1 aromatic carbocycles. The lowest BCUT2D eigenvalue weighted by molar-refractivity contribution is 0.572. The molecule has 0 saturated carbocycles. The molecule has 0 fully saturated rings. The monoisotopic (exact) mass is 235 g/mol. The number of hydrogen-bond donors (Lipinski definition) is 1. The summed E-state index contributed by atoms with van der Waals surface area (Å²) in [5.74, 6) is 2.66. The Kier molecular flexibility index (Phi) is 2.99. The molecule has 3 nitrogen and oxygen atoms in total. The van der Waals surface area contributed by atoms with Gasteiger partial charge in [0, 0.05) is 19.0 Å². The zero-order valence-corrected chi connectivity index (χ0v) is 9.63. The van der Waals surface area contributed by atoms with E-state index in [0.29, 0.717) is 17.9 Å². The van der Waals surface area contributed by atoms with Crippen LogP contribution >= 0.6 is 0 Å². The van der Waals surface area contributed by atoms with Crippen molar-refractivity contribution in [1.29, 1.82) is 0 Å². The third-order valence-electron chi connectivity index (χ3n) is 2.68. The van der Waals surface area contributed by atoms with Crippen molar-refractivity contribution < 1.29 is 8.42 Å². The van der Waals surface area contributed by atoms with Crippen LogP contribution in [0.1, 0.15) is 18.0 Å². The molecular weight excluding hydrogens is 222 g/mol. The molecule has 0 saturated heterocycles. The van der Waals surface area contributed by atoms with Gasteiger partial charge in [-0.1, -0.05) is 18.2 Å². The molecule has 1 heterocycles. The number of sulfone groups is 1. The van der Waals surface area contributed by atoms with Crippen LogP contribution in [-0.2, 0) is 9.84 Å². The van der Waals surface area contributed by atoms with Gasteiger partial charge in [0.1, 0.15) is 0 Å². The molecule has 0 bridgehead atoms. The van der Waals surface area contributed by atoms with Crippen molar-refractivity contribution in [2.24, 2.45) is 0 Å². The first-order valence-corrected chi connectivity index (χ1v) is 6.79. The van der Waals surface area contributed by atoms with E-state index in [4.69, 9.17) is 6.42 Å². The van der Waals surface area contributed by atoms with Gasteiger partial charge in [-0.15, -0.1) is 12.3 Å². The zero-order chi connectivity index (χ0) is 11.6. The van der Waals surface area contributed by atoms with E-state index in [-0.39, 0.29) is 11.8 Å². The molecule has 1 atom stereocenters. The van der Waals surface area contributed by atoms with E-state index >= 15 is 0 Å². The minimum absolute atomic E-state index is 0.116. The highest BCUT2D eigenvalue weighted by molar-refractivity contribution is 7.91. The van der Waals surface area contributed by atoms with Crippen molar-refractivity contribution in [3.8, 4) is 12.3 Å².